The molecular formula is C53H33NO. The van der Waals surface area contributed by atoms with Gasteiger partial charge in [-0.05, 0) is 91.9 Å². The number of nitrogens with zero attached hydrogens (tertiary/aromatic N) is 1. The molecule has 9 aromatic carbocycles. The molecule has 1 heterocycles. The van der Waals surface area contributed by atoms with Gasteiger partial charge in [0.05, 0.1) is 11.1 Å². The van der Waals surface area contributed by atoms with E-state index < -0.39 is 5.41 Å². The van der Waals surface area contributed by atoms with Gasteiger partial charge in [-0.2, -0.15) is 0 Å². The second-order valence-electron chi connectivity index (χ2n) is 14.7. The van der Waals surface area contributed by atoms with E-state index in [-0.39, 0.29) is 0 Å². The summed E-state index contributed by atoms with van der Waals surface area (Å²) in [5.74, 6) is 0. The van der Waals surface area contributed by atoms with Crippen LogP contribution in [0.25, 0.3) is 66.1 Å². The second kappa shape index (κ2) is 11.4. The highest BCUT2D eigenvalue weighted by molar-refractivity contribution is 6.13. The van der Waals surface area contributed by atoms with Crippen LogP contribution in [-0.4, -0.2) is 0 Å². The van der Waals surface area contributed by atoms with Gasteiger partial charge in [0.25, 0.3) is 0 Å². The first kappa shape index (κ1) is 30.3. The van der Waals surface area contributed by atoms with E-state index >= 15 is 0 Å². The summed E-state index contributed by atoms with van der Waals surface area (Å²) < 4.78 is 6.87. The number of rotatable bonds is 3. The van der Waals surface area contributed by atoms with Crippen LogP contribution in [0, 0.1) is 0 Å². The minimum absolute atomic E-state index is 0.652. The Hall–Kier alpha value is -7.16. The van der Waals surface area contributed by atoms with Crippen LogP contribution >= 0.6 is 0 Å². The fourth-order valence-electron chi connectivity index (χ4n) is 9.89. The van der Waals surface area contributed by atoms with Crippen molar-refractivity contribution in [3.05, 3.63) is 222 Å². The third kappa shape index (κ3) is 4.08. The van der Waals surface area contributed by atoms with E-state index in [0.29, 0.717) is 0 Å². The van der Waals surface area contributed by atoms with Gasteiger partial charge in [0.1, 0.15) is 11.2 Å². The molecule has 10 aromatic rings. The smallest absolute Gasteiger partial charge is 0.143 e. The molecule has 2 nitrogen and oxygen atoms in total. The Kier molecular flexibility index (Phi) is 6.29. The van der Waals surface area contributed by atoms with Gasteiger partial charge < -0.3 is 9.32 Å². The van der Waals surface area contributed by atoms with Crippen molar-refractivity contribution < 1.29 is 4.42 Å². The number of furan rings is 1. The van der Waals surface area contributed by atoms with Crippen LogP contribution in [0.3, 0.4) is 0 Å². The number of benzene rings is 9. The summed E-state index contributed by atoms with van der Waals surface area (Å²) in [6, 6.07) is 73.5. The minimum atomic E-state index is -0.652. The van der Waals surface area contributed by atoms with Crippen molar-refractivity contribution in [3.8, 4) is 33.4 Å². The SMILES string of the molecule is c1ccc(N(c2ccc3c(c2)C2(c4ccccc4-c4ccccc4-3)c3ccccc3-c3c2ccc2c3oc3ccccc32)c2cccc3ccccc23)cc1. The summed E-state index contributed by atoms with van der Waals surface area (Å²) >= 11 is 0. The van der Waals surface area contributed by atoms with Crippen LogP contribution in [-0.2, 0) is 5.41 Å². The van der Waals surface area contributed by atoms with Crippen molar-refractivity contribution >= 4 is 49.8 Å². The molecule has 2 aliphatic rings. The van der Waals surface area contributed by atoms with E-state index in [4.69, 9.17) is 4.42 Å². The average Bonchev–Trinajstić information content (AvgIpc) is 3.75. The fourth-order valence-corrected chi connectivity index (χ4v) is 9.89. The first-order chi connectivity index (χ1) is 27.3. The van der Waals surface area contributed by atoms with Crippen LogP contribution in [0.2, 0.25) is 0 Å². The largest absolute Gasteiger partial charge is 0.455 e. The van der Waals surface area contributed by atoms with E-state index in [1.807, 2.05) is 0 Å². The van der Waals surface area contributed by atoms with Gasteiger partial charge in [-0.3, -0.25) is 0 Å². The quantitative estimate of drug-likeness (QED) is 0.183. The molecule has 256 valence electrons. The average molecular weight is 700 g/mol. The lowest BCUT2D eigenvalue weighted by atomic mass is 9.65. The zero-order chi connectivity index (χ0) is 36.1. The normalized spacial score (nSPS) is 15.0. The van der Waals surface area contributed by atoms with Crippen molar-refractivity contribution in [2.45, 2.75) is 5.41 Å². The molecular weight excluding hydrogens is 667 g/mol. The summed E-state index contributed by atoms with van der Waals surface area (Å²) in [7, 11) is 0. The molecule has 12 rings (SSSR count). The molecule has 55 heavy (non-hydrogen) atoms. The van der Waals surface area contributed by atoms with Gasteiger partial charge in [0, 0.05) is 33.1 Å². The van der Waals surface area contributed by atoms with Gasteiger partial charge in [0.2, 0.25) is 0 Å². The Morgan fingerprint density at radius 3 is 1.80 bits per heavy atom. The molecule has 2 heteroatoms. The number of hydrogen-bond donors (Lipinski definition) is 0. The van der Waals surface area contributed by atoms with Crippen molar-refractivity contribution in [2.24, 2.45) is 0 Å². The Morgan fingerprint density at radius 1 is 0.364 bits per heavy atom. The molecule has 0 aliphatic heterocycles. The summed E-state index contributed by atoms with van der Waals surface area (Å²) in [6.07, 6.45) is 0. The predicted molar refractivity (Wildman–Crippen MR) is 228 cm³/mol. The van der Waals surface area contributed by atoms with Crippen molar-refractivity contribution in [1.29, 1.82) is 0 Å². The number of fused-ring (bicyclic) bond motifs is 17. The van der Waals surface area contributed by atoms with Gasteiger partial charge in [-0.15, -0.1) is 0 Å². The first-order valence-corrected chi connectivity index (χ1v) is 19.0. The third-order valence-electron chi connectivity index (χ3n) is 12.1. The van der Waals surface area contributed by atoms with Crippen LogP contribution in [0.5, 0.6) is 0 Å². The maximum absolute atomic E-state index is 6.87. The zero-order valence-corrected chi connectivity index (χ0v) is 29.9. The predicted octanol–water partition coefficient (Wildman–Crippen LogP) is 14.2. The Balaban J connectivity index is 1.25. The van der Waals surface area contributed by atoms with Crippen LogP contribution in [0.1, 0.15) is 22.3 Å². The van der Waals surface area contributed by atoms with Crippen molar-refractivity contribution in [3.63, 3.8) is 0 Å². The molecule has 1 atom stereocenters. The highest BCUT2D eigenvalue weighted by Crippen LogP contribution is 2.63. The molecule has 0 amide bonds. The number of anilines is 3. The number of para-hydroxylation sites is 2. The zero-order valence-electron chi connectivity index (χ0n) is 29.9. The molecule has 1 unspecified atom stereocenters. The van der Waals surface area contributed by atoms with Crippen molar-refractivity contribution in [1.82, 2.24) is 0 Å². The topological polar surface area (TPSA) is 16.4 Å². The summed E-state index contributed by atoms with van der Waals surface area (Å²) in [5, 5.41) is 4.71. The van der Waals surface area contributed by atoms with E-state index in [9.17, 15) is 0 Å². The van der Waals surface area contributed by atoms with Gasteiger partial charge in [-0.25, -0.2) is 0 Å². The fraction of sp³-hybridized carbons (Fsp3) is 0.0189. The first-order valence-electron chi connectivity index (χ1n) is 19.0. The molecule has 0 saturated heterocycles. The Bertz CT molecular complexity index is 3170. The summed E-state index contributed by atoms with van der Waals surface area (Å²) in [6.45, 7) is 0. The van der Waals surface area contributed by atoms with Gasteiger partial charge >= 0.3 is 0 Å². The molecule has 0 bridgehead atoms. The maximum Gasteiger partial charge on any atom is 0.143 e. The van der Waals surface area contributed by atoms with Crippen LogP contribution < -0.4 is 4.90 Å². The van der Waals surface area contributed by atoms with E-state index in [1.54, 1.807) is 0 Å². The summed E-state index contributed by atoms with van der Waals surface area (Å²) in [4.78, 5) is 2.43. The highest BCUT2D eigenvalue weighted by atomic mass is 16.3. The third-order valence-corrected chi connectivity index (χ3v) is 12.1. The van der Waals surface area contributed by atoms with Crippen LogP contribution in [0.15, 0.2) is 205 Å². The van der Waals surface area contributed by atoms with Crippen LogP contribution in [0.4, 0.5) is 17.1 Å². The van der Waals surface area contributed by atoms with E-state index in [1.165, 1.54) is 66.4 Å². The molecule has 0 fully saturated rings. The molecule has 2 aliphatic carbocycles. The van der Waals surface area contributed by atoms with Gasteiger partial charge in [0.15, 0.2) is 0 Å². The lowest BCUT2D eigenvalue weighted by molar-refractivity contribution is 0.669. The maximum atomic E-state index is 6.87. The molecule has 0 radical (unpaired) electrons. The molecule has 0 saturated carbocycles. The van der Waals surface area contributed by atoms with Crippen molar-refractivity contribution in [2.75, 3.05) is 4.90 Å². The standard InChI is InChI=1S/C53H33NO/c1-2-17-35(18-3-1)54(49-27-14-16-34-15-4-5-19-37(34)49)36-29-30-41-39-21-7-6-20-38(39)40-22-8-11-25-45(40)53(48(41)33-36)46-26-12-9-24-44(46)51-47(53)32-31-43-42-23-10-13-28-50(42)55-52(43)51/h1-33H. The Morgan fingerprint density at radius 2 is 0.982 bits per heavy atom. The Labute approximate surface area is 319 Å². The van der Waals surface area contributed by atoms with Gasteiger partial charge in [-0.1, -0.05) is 164 Å². The molecule has 1 spiro atoms. The highest BCUT2D eigenvalue weighted by Gasteiger charge is 2.51. The second-order valence-corrected chi connectivity index (χ2v) is 14.7. The number of hydrogen-bond acceptors (Lipinski definition) is 2. The monoisotopic (exact) mass is 699 g/mol. The molecule has 0 N–H and O–H groups in total. The minimum Gasteiger partial charge on any atom is -0.455 e. The lowest BCUT2D eigenvalue weighted by Gasteiger charge is -2.36. The molecule has 1 aromatic heterocycles. The summed E-state index contributed by atoms with van der Waals surface area (Å²) in [5.41, 5.74) is 17.0. The van der Waals surface area contributed by atoms with E-state index in [2.05, 4.69) is 205 Å². The van der Waals surface area contributed by atoms with E-state index in [0.717, 1.165) is 39.0 Å². The lowest BCUT2D eigenvalue weighted by Crippen LogP contribution is -2.29.